The highest BCUT2D eigenvalue weighted by molar-refractivity contribution is 5.82. The number of aliphatic hydroxyl groups is 1. The Hall–Kier alpha value is -3.37. The van der Waals surface area contributed by atoms with Gasteiger partial charge in [0.15, 0.2) is 0 Å². The Kier molecular flexibility index (Phi) is 4.73. The van der Waals surface area contributed by atoms with Crippen LogP contribution in [0.4, 0.5) is 0 Å². The van der Waals surface area contributed by atoms with E-state index in [0.29, 0.717) is 6.54 Å². The van der Waals surface area contributed by atoms with Crippen molar-refractivity contribution in [3.8, 4) is 39.7 Å². The average molecular weight is 356 g/mol. The van der Waals surface area contributed by atoms with Crippen LogP contribution in [0.1, 0.15) is 0 Å². The van der Waals surface area contributed by atoms with Gasteiger partial charge >= 0.3 is 0 Å². The molecule has 0 aliphatic heterocycles. The molecule has 3 aromatic carbocycles. The molecule has 134 valence electrons. The van der Waals surface area contributed by atoms with Gasteiger partial charge in [-0.15, -0.1) is 0 Å². The van der Waals surface area contributed by atoms with Gasteiger partial charge in [0.25, 0.3) is 0 Å². The van der Waals surface area contributed by atoms with Crippen LogP contribution < -0.4 is 0 Å². The maximum Gasteiger partial charge on any atom is 0.141 e. The van der Waals surface area contributed by atoms with Crippen LogP contribution in [0.15, 0.2) is 84.9 Å². The van der Waals surface area contributed by atoms with Crippen LogP contribution >= 0.6 is 0 Å². The molecule has 4 rings (SSSR count). The molecule has 0 bridgehead atoms. The number of phenolic OH excluding ortho intramolecular Hbond substituents is 1. The van der Waals surface area contributed by atoms with Gasteiger partial charge in [0.2, 0.25) is 0 Å². The fourth-order valence-electron chi connectivity index (χ4n) is 3.29. The fourth-order valence-corrected chi connectivity index (χ4v) is 3.29. The lowest BCUT2D eigenvalue weighted by atomic mass is 10.0. The number of aromatic nitrogens is 2. The monoisotopic (exact) mass is 356 g/mol. The summed E-state index contributed by atoms with van der Waals surface area (Å²) in [6.45, 7) is 0.440. The Balaban J connectivity index is 2.00. The zero-order valence-electron chi connectivity index (χ0n) is 14.8. The third kappa shape index (κ3) is 3.35. The largest absolute Gasteiger partial charge is 0.508 e. The summed E-state index contributed by atoms with van der Waals surface area (Å²) in [5, 5.41) is 19.3. The Labute approximate surface area is 158 Å². The number of benzene rings is 3. The van der Waals surface area contributed by atoms with E-state index in [4.69, 9.17) is 4.98 Å². The molecule has 0 amide bonds. The first-order chi connectivity index (χ1) is 13.3. The van der Waals surface area contributed by atoms with E-state index < -0.39 is 0 Å². The lowest BCUT2D eigenvalue weighted by Gasteiger charge is -2.12. The predicted octanol–water partition coefficient (Wildman–Crippen LogP) is 4.58. The molecule has 0 atom stereocenters. The van der Waals surface area contributed by atoms with Crippen molar-refractivity contribution in [1.82, 2.24) is 9.55 Å². The van der Waals surface area contributed by atoms with Gasteiger partial charge in [0.05, 0.1) is 18.0 Å². The van der Waals surface area contributed by atoms with Gasteiger partial charge in [-0.1, -0.05) is 60.7 Å². The van der Waals surface area contributed by atoms with Gasteiger partial charge in [0, 0.05) is 23.2 Å². The number of imidazole rings is 1. The van der Waals surface area contributed by atoms with E-state index in [9.17, 15) is 10.2 Å². The van der Waals surface area contributed by atoms with E-state index in [1.165, 1.54) is 0 Å². The lowest BCUT2D eigenvalue weighted by Crippen LogP contribution is -2.06. The number of hydrogen-bond acceptors (Lipinski definition) is 3. The molecule has 0 saturated carbocycles. The highest BCUT2D eigenvalue weighted by Gasteiger charge is 2.20. The van der Waals surface area contributed by atoms with E-state index in [1.807, 2.05) is 65.2 Å². The second-order valence-electron chi connectivity index (χ2n) is 6.29. The summed E-state index contributed by atoms with van der Waals surface area (Å²) in [5.41, 5.74) is 4.80. The van der Waals surface area contributed by atoms with Crippen molar-refractivity contribution in [2.75, 3.05) is 6.61 Å². The molecule has 0 unspecified atom stereocenters. The molecule has 27 heavy (non-hydrogen) atoms. The van der Waals surface area contributed by atoms with Gasteiger partial charge < -0.3 is 14.8 Å². The van der Waals surface area contributed by atoms with Crippen molar-refractivity contribution in [3.63, 3.8) is 0 Å². The van der Waals surface area contributed by atoms with Crippen molar-refractivity contribution in [1.29, 1.82) is 0 Å². The summed E-state index contributed by atoms with van der Waals surface area (Å²) < 4.78 is 2.05. The van der Waals surface area contributed by atoms with Gasteiger partial charge in [-0.05, 0) is 24.3 Å². The van der Waals surface area contributed by atoms with Crippen LogP contribution in [-0.2, 0) is 6.54 Å². The highest BCUT2D eigenvalue weighted by atomic mass is 16.3. The molecule has 0 spiro atoms. The molecule has 1 aromatic heterocycles. The third-order valence-corrected chi connectivity index (χ3v) is 4.51. The molecule has 0 aliphatic rings. The Morgan fingerprint density at radius 3 is 1.89 bits per heavy atom. The fraction of sp³-hybridized carbons (Fsp3) is 0.0870. The molecule has 0 fully saturated rings. The van der Waals surface area contributed by atoms with Crippen molar-refractivity contribution >= 4 is 0 Å². The minimum atomic E-state index is 0.00943. The first-order valence-corrected chi connectivity index (χ1v) is 8.89. The number of hydrogen-bond donors (Lipinski definition) is 2. The third-order valence-electron chi connectivity index (χ3n) is 4.51. The second-order valence-corrected chi connectivity index (χ2v) is 6.29. The molecule has 0 aliphatic carbocycles. The number of aliphatic hydroxyl groups excluding tert-OH is 1. The Bertz CT molecular complexity index is 1020. The van der Waals surface area contributed by atoms with Crippen LogP contribution in [0.3, 0.4) is 0 Å². The van der Waals surface area contributed by atoms with Crippen LogP contribution in [0.2, 0.25) is 0 Å². The van der Waals surface area contributed by atoms with Crippen molar-refractivity contribution in [2.45, 2.75) is 6.54 Å². The normalized spacial score (nSPS) is 10.9. The molecule has 2 N–H and O–H groups in total. The van der Waals surface area contributed by atoms with E-state index in [2.05, 4.69) is 12.1 Å². The van der Waals surface area contributed by atoms with Crippen molar-refractivity contribution < 1.29 is 10.2 Å². The minimum Gasteiger partial charge on any atom is -0.508 e. The first-order valence-electron chi connectivity index (χ1n) is 8.89. The smallest absolute Gasteiger partial charge is 0.141 e. The quantitative estimate of drug-likeness (QED) is 0.550. The minimum absolute atomic E-state index is 0.00943. The summed E-state index contributed by atoms with van der Waals surface area (Å²) in [6, 6.07) is 27.1. The SMILES string of the molecule is OCCn1c(-c2ccc(O)cc2)nc(-c2ccccc2)c1-c1ccccc1. The summed E-state index contributed by atoms with van der Waals surface area (Å²) >= 11 is 0. The average Bonchev–Trinajstić information content (AvgIpc) is 3.09. The topological polar surface area (TPSA) is 58.3 Å². The van der Waals surface area contributed by atoms with Gasteiger partial charge in [-0.3, -0.25) is 0 Å². The molecule has 0 radical (unpaired) electrons. The van der Waals surface area contributed by atoms with E-state index in [-0.39, 0.29) is 12.4 Å². The van der Waals surface area contributed by atoms with Crippen LogP contribution in [-0.4, -0.2) is 26.4 Å². The highest BCUT2D eigenvalue weighted by Crippen LogP contribution is 2.36. The first kappa shape index (κ1) is 17.1. The van der Waals surface area contributed by atoms with Gasteiger partial charge in [0.1, 0.15) is 11.6 Å². The van der Waals surface area contributed by atoms with E-state index >= 15 is 0 Å². The standard InChI is InChI=1S/C23H20N2O2/c26-16-15-25-22(18-9-5-2-6-10-18)21(17-7-3-1-4-8-17)24-23(25)19-11-13-20(27)14-12-19/h1-14,26-27H,15-16H2. The molecule has 1 heterocycles. The summed E-state index contributed by atoms with van der Waals surface area (Å²) in [4.78, 5) is 4.95. The van der Waals surface area contributed by atoms with Gasteiger partial charge in [-0.25, -0.2) is 4.98 Å². The maximum atomic E-state index is 9.70. The van der Waals surface area contributed by atoms with Crippen molar-refractivity contribution in [2.24, 2.45) is 0 Å². The number of aromatic hydroxyl groups is 1. The van der Waals surface area contributed by atoms with Crippen LogP contribution in [0.25, 0.3) is 33.9 Å². The zero-order valence-corrected chi connectivity index (χ0v) is 14.8. The molecule has 0 saturated heterocycles. The second kappa shape index (κ2) is 7.48. The van der Waals surface area contributed by atoms with Gasteiger partial charge in [-0.2, -0.15) is 0 Å². The van der Waals surface area contributed by atoms with E-state index in [1.54, 1.807) is 12.1 Å². The zero-order chi connectivity index (χ0) is 18.6. The number of phenols is 1. The molecule has 4 aromatic rings. The van der Waals surface area contributed by atoms with Crippen molar-refractivity contribution in [3.05, 3.63) is 84.9 Å². The predicted molar refractivity (Wildman–Crippen MR) is 107 cm³/mol. The van der Waals surface area contributed by atoms with Crippen LogP contribution in [0.5, 0.6) is 5.75 Å². The number of nitrogens with zero attached hydrogens (tertiary/aromatic N) is 2. The summed E-state index contributed by atoms with van der Waals surface area (Å²) in [5.74, 6) is 0.979. The summed E-state index contributed by atoms with van der Waals surface area (Å²) in [6.07, 6.45) is 0. The Morgan fingerprint density at radius 2 is 1.30 bits per heavy atom. The molecule has 4 heteroatoms. The van der Waals surface area contributed by atoms with Crippen LogP contribution in [0, 0.1) is 0 Å². The molecular weight excluding hydrogens is 336 g/mol. The van der Waals surface area contributed by atoms with E-state index in [0.717, 1.165) is 33.9 Å². The maximum absolute atomic E-state index is 9.70. The number of rotatable bonds is 5. The summed E-state index contributed by atoms with van der Waals surface area (Å²) in [7, 11) is 0. The Morgan fingerprint density at radius 1 is 0.704 bits per heavy atom. The molecular formula is C23H20N2O2. The molecule has 4 nitrogen and oxygen atoms in total. The lowest BCUT2D eigenvalue weighted by molar-refractivity contribution is 0.277.